The number of halogens is 3. The Morgan fingerprint density at radius 2 is 2.00 bits per heavy atom. The topological polar surface area (TPSA) is 86.6 Å². The lowest BCUT2D eigenvalue weighted by atomic mass is 10.0. The molecule has 1 aromatic carbocycles. The van der Waals surface area contributed by atoms with Gasteiger partial charge < -0.3 is 24.7 Å². The van der Waals surface area contributed by atoms with Crippen LogP contribution < -0.4 is 10.1 Å². The van der Waals surface area contributed by atoms with Crippen LogP contribution in [0.1, 0.15) is 42.5 Å². The van der Waals surface area contributed by atoms with E-state index < -0.39 is 18.9 Å². The van der Waals surface area contributed by atoms with Gasteiger partial charge in [-0.25, -0.2) is 0 Å². The van der Waals surface area contributed by atoms with Crippen molar-refractivity contribution >= 4 is 16.6 Å². The van der Waals surface area contributed by atoms with E-state index in [1.54, 1.807) is 24.9 Å². The summed E-state index contributed by atoms with van der Waals surface area (Å²) in [5, 5.41) is 18.6. The van der Waals surface area contributed by atoms with Gasteiger partial charge in [-0.15, -0.1) is 0 Å². The van der Waals surface area contributed by atoms with Crippen molar-refractivity contribution in [3.05, 3.63) is 41.4 Å². The number of H-pyrrole nitrogens is 1. The molecule has 4 atom stereocenters. The molecule has 2 unspecified atom stereocenters. The number of alkyl halides is 3. The summed E-state index contributed by atoms with van der Waals surface area (Å²) in [5.41, 5.74) is 2.91. The van der Waals surface area contributed by atoms with Crippen molar-refractivity contribution in [1.29, 1.82) is 0 Å². The zero-order chi connectivity index (χ0) is 24.7. The molecule has 190 valence electrons. The smallest absolute Gasteiger partial charge is 0.401 e. The first-order valence-corrected chi connectivity index (χ1v) is 12.1. The third-order valence-corrected chi connectivity index (χ3v) is 7.43. The standard InChI is InChI=1S/C25H31F3N4O3/c1-14-23(15(2)35-31-14)24(33)30-22-10-29-21-4-3-19(9-20(21)22)34-6-5-16-7-17-11-32(12-18(17)8-16)13-25(26,27)28/h3-4,9-10,16-18,24,29-30,33H,5-8,11-13H2,1-2H3/t16?,17-,18+,24?. The third-order valence-electron chi connectivity index (χ3n) is 7.43. The second-order valence-corrected chi connectivity index (χ2v) is 10.00. The maximum atomic E-state index is 12.7. The number of aromatic amines is 1. The number of aliphatic hydroxyl groups is 1. The van der Waals surface area contributed by atoms with E-state index >= 15 is 0 Å². The summed E-state index contributed by atoms with van der Waals surface area (Å²) in [6.07, 6.45) is -0.421. The van der Waals surface area contributed by atoms with Crippen LogP contribution in [0.4, 0.5) is 18.9 Å². The summed E-state index contributed by atoms with van der Waals surface area (Å²) in [6, 6.07) is 5.78. The Balaban J connectivity index is 1.14. The normalized spacial score (nSPS) is 23.7. The van der Waals surface area contributed by atoms with Crippen LogP contribution in [0.5, 0.6) is 5.75 Å². The molecular formula is C25H31F3N4O3. The van der Waals surface area contributed by atoms with Crippen LogP contribution in [-0.4, -0.2) is 52.6 Å². The molecule has 35 heavy (non-hydrogen) atoms. The highest BCUT2D eigenvalue weighted by Crippen LogP contribution is 2.43. The average molecular weight is 493 g/mol. The van der Waals surface area contributed by atoms with Crippen LogP contribution in [0.2, 0.25) is 0 Å². The molecule has 1 aliphatic heterocycles. The third kappa shape index (κ3) is 5.28. The quantitative estimate of drug-likeness (QED) is 0.377. The Kier molecular flexibility index (Phi) is 6.43. The van der Waals surface area contributed by atoms with Crippen molar-refractivity contribution in [3.63, 3.8) is 0 Å². The minimum atomic E-state index is -4.12. The minimum Gasteiger partial charge on any atom is -0.494 e. The molecule has 0 amide bonds. The number of hydrogen-bond donors (Lipinski definition) is 3. The number of aryl methyl sites for hydroxylation is 2. The van der Waals surface area contributed by atoms with Gasteiger partial charge in [-0.2, -0.15) is 13.2 Å². The number of rotatable bonds is 8. The summed E-state index contributed by atoms with van der Waals surface area (Å²) in [7, 11) is 0. The van der Waals surface area contributed by atoms with Crippen molar-refractivity contribution in [3.8, 4) is 5.75 Å². The molecule has 2 aromatic heterocycles. The highest BCUT2D eigenvalue weighted by molar-refractivity contribution is 5.93. The van der Waals surface area contributed by atoms with E-state index in [2.05, 4.69) is 15.5 Å². The zero-order valence-electron chi connectivity index (χ0n) is 19.9. The van der Waals surface area contributed by atoms with E-state index in [1.165, 1.54) is 0 Å². The number of anilines is 1. The van der Waals surface area contributed by atoms with Gasteiger partial charge in [-0.05, 0) is 69.1 Å². The van der Waals surface area contributed by atoms with Crippen molar-refractivity contribution < 1.29 is 27.5 Å². The number of fused-ring (bicyclic) bond motifs is 2. The molecule has 0 bridgehead atoms. The van der Waals surface area contributed by atoms with Crippen LogP contribution in [0, 0.1) is 31.6 Å². The first-order valence-electron chi connectivity index (χ1n) is 12.1. The van der Waals surface area contributed by atoms with Crippen molar-refractivity contribution in [2.75, 3.05) is 31.6 Å². The van der Waals surface area contributed by atoms with Crippen molar-refractivity contribution in [2.24, 2.45) is 17.8 Å². The summed E-state index contributed by atoms with van der Waals surface area (Å²) in [5.74, 6) is 2.54. The SMILES string of the molecule is Cc1noc(C)c1C(O)Nc1c[nH]c2ccc(OCCC3C[C@@H]4CN(CC(F)(F)F)C[C@@H]4C3)cc12. The summed E-state index contributed by atoms with van der Waals surface area (Å²) >= 11 is 0. The number of aliphatic hydroxyl groups excluding tert-OH is 1. The van der Waals surface area contributed by atoms with Crippen LogP contribution in [0.3, 0.4) is 0 Å². The molecule has 1 saturated heterocycles. The first kappa shape index (κ1) is 24.0. The molecule has 3 aromatic rings. The summed E-state index contributed by atoms with van der Waals surface area (Å²) in [4.78, 5) is 4.75. The van der Waals surface area contributed by atoms with E-state index in [1.807, 2.05) is 18.2 Å². The van der Waals surface area contributed by atoms with Gasteiger partial charge in [0.05, 0.1) is 30.1 Å². The van der Waals surface area contributed by atoms with Crippen molar-refractivity contribution in [2.45, 2.75) is 45.5 Å². The van der Waals surface area contributed by atoms with Crippen molar-refractivity contribution in [1.82, 2.24) is 15.0 Å². The number of likely N-dealkylation sites (tertiary alicyclic amines) is 1. The molecule has 1 saturated carbocycles. The second-order valence-electron chi connectivity index (χ2n) is 10.00. The Hall–Kier alpha value is -2.72. The predicted octanol–water partition coefficient (Wildman–Crippen LogP) is 5.16. The van der Waals surface area contributed by atoms with Gasteiger partial charge in [-0.1, -0.05) is 5.16 Å². The molecule has 3 heterocycles. The van der Waals surface area contributed by atoms with E-state index in [0.29, 0.717) is 54.5 Å². The molecule has 10 heteroatoms. The second kappa shape index (κ2) is 9.39. The van der Waals surface area contributed by atoms with Gasteiger partial charge in [0.25, 0.3) is 0 Å². The van der Waals surface area contributed by atoms with E-state index in [0.717, 1.165) is 41.6 Å². The van der Waals surface area contributed by atoms with Crippen LogP contribution in [0.15, 0.2) is 28.9 Å². The summed E-state index contributed by atoms with van der Waals surface area (Å²) in [6.45, 7) is 4.44. The molecule has 0 spiro atoms. The highest BCUT2D eigenvalue weighted by Gasteiger charge is 2.43. The Labute approximate surface area is 201 Å². The van der Waals surface area contributed by atoms with E-state index in [4.69, 9.17) is 9.26 Å². The minimum absolute atomic E-state index is 0.372. The number of hydrogen-bond acceptors (Lipinski definition) is 6. The Morgan fingerprint density at radius 3 is 2.66 bits per heavy atom. The zero-order valence-corrected chi connectivity index (χ0v) is 19.9. The number of benzene rings is 1. The molecule has 3 N–H and O–H groups in total. The largest absolute Gasteiger partial charge is 0.494 e. The average Bonchev–Trinajstić information content (AvgIpc) is 3.51. The lowest BCUT2D eigenvalue weighted by Crippen LogP contribution is -2.33. The fourth-order valence-corrected chi connectivity index (χ4v) is 5.89. The van der Waals surface area contributed by atoms with Gasteiger partial charge in [0.15, 0.2) is 6.23 Å². The van der Waals surface area contributed by atoms with Gasteiger partial charge in [0.2, 0.25) is 0 Å². The maximum Gasteiger partial charge on any atom is 0.401 e. The van der Waals surface area contributed by atoms with Crippen LogP contribution in [-0.2, 0) is 0 Å². The highest BCUT2D eigenvalue weighted by atomic mass is 19.4. The van der Waals surface area contributed by atoms with Gasteiger partial charge >= 0.3 is 6.18 Å². The number of ether oxygens (including phenoxy) is 1. The molecular weight excluding hydrogens is 461 g/mol. The lowest BCUT2D eigenvalue weighted by Gasteiger charge is -2.20. The monoisotopic (exact) mass is 492 g/mol. The molecule has 1 aliphatic carbocycles. The van der Waals surface area contributed by atoms with E-state index in [9.17, 15) is 18.3 Å². The molecule has 7 nitrogen and oxygen atoms in total. The lowest BCUT2D eigenvalue weighted by molar-refractivity contribution is -0.144. The number of nitrogens with zero attached hydrogens (tertiary/aromatic N) is 2. The van der Waals surface area contributed by atoms with Gasteiger partial charge in [-0.3, -0.25) is 4.90 Å². The van der Waals surface area contributed by atoms with Crippen LogP contribution >= 0.6 is 0 Å². The van der Waals surface area contributed by atoms with Gasteiger partial charge in [0, 0.05) is 30.2 Å². The molecule has 2 fully saturated rings. The maximum absolute atomic E-state index is 12.7. The molecule has 5 rings (SSSR count). The fourth-order valence-electron chi connectivity index (χ4n) is 5.89. The Bertz CT molecular complexity index is 1140. The molecule has 0 radical (unpaired) electrons. The predicted molar refractivity (Wildman–Crippen MR) is 125 cm³/mol. The fraction of sp³-hybridized carbons (Fsp3) is 0.560. The molecule has 2 aliphatic rings. The number of aromatic nitrogens is 2. The first-order chi connectivity index (χ1) is 16.7. The Morgan fingerprint density at radius 1 is 1.26 bits per heavy atom. The summed E-state index contributed by atoms with van der Waals surface area (Å²) < 4.78 is 49.2. The van der Waals surface area contributed by atoms with Gasteiger partial charge in [0.1, 0.15) is 11.5 Å². The van der Waals surface area contributed by atoms with Crippen LogP contribution in [0.25, 0.3) is 10.9 Å². The number of nitrogens with one attached hydrogen (secondary N) is 2. The van der Waals surface area contributed by atoms with E-state index in [-0.39, 0.29) is 0 Å².